The summed E-state index contributed by atoms with van der Waals surface area (Å²) >= 11 is 0. The second-order valence-electron chi connectivity index (χ2n) is 2.79. The summed E-state index contributed by atoms with van der Waals surface area (Å²) in [6.07, 6.45) is 9.00. The molecule has 0 amide bonds. The van der Waals surface area contributed by atoms with Crippen LogP contribution in [0.1, 0.15) is 38.5 Å². The first-order chi connectivity index (χ1) is 8.20. The molecule has 1 aliphatic carbocycles. The summed E-state index contributed by atoms with van der Waals surface area (Å²) in [4.78, 5) is 24.8. The molecule has 0 N–H and O–H groups in total. The van der Waals surface area contributed by atoms with Crippen LogP contribution in [-0.4, -0.2) is 15.3 Å². The van der Waals surface area contributed by atoms with Gasteiger partial charge in [0.2, 0.25) is 0 Å². The number of rotatable bonds is 0. The molecule has 0 aromatic heterocycles. The van der Waals surface area contributed by atoms with Crippen LogP contribution in [0.15, 0.2) is 0 Å². The Morgan fingerprint density at radius 1 is 0.474 bits per heavy atom. The van der Waals surface area contributed by atoms with Crippen molar-refractivity contribution in [1.29, 1.82) is 0 Å². The van der Waals surface area contributed by atoms with E-state index in [0.29, 0.717) is 0 Å². The zero-order valence-corrected chi connectivity index (χ0v) is 11.6. The maximum Gasteiger partial charge on any atom is 3.00 e. The molecule has 115 valence electrons. The predicted octanol–water partition coefficient (Wildman–Crippen LogP) is 1.62. The van der Waals surface area contributed by atoms with Crippen molar-refractivity contribution in [2.24, 2.45) is 0 Å². The van der Waals surface area contributed by atoms with Gasteiger partial charge in [0, 0.05) is 0 Å². The van der Waals surface area contributed by atoms with E-state index in [-0.39, 0.29) is 38.2 Å². The fourth-order valence-electron chi connectivity index (χ4n) is 1.06. The van der Waals surface area contributed by atoms with Gasteiger partial charge in [-0.2, -0.15) is 0 Å². The molecule has 0 heterocycles. The monoisotopic (exact) mass is 434 g/mol. The minimum Gasteiger partial charge on any atom is -0.356 e. The van der Waals surface area contributed by atoms with E-state index in [4.69, 9.17) is 46.0 Å². The molecule has 0 aliphatic heterocycles. The molecule has 12 nitrogen and oxygen atoms in total. The largest absolute Gasteiger partial charge is 3.00 e. The zero-order valence-electron chi connectivity index (χ0n) is 9.57. The molecule has 1 fully saturated rings. The van der Waals surface area contributed by atoms with E-state index in [1.54, 1.807) is 0 Å². The second-order valence-corrected chi connectivity index (χ2v) is 2.79. The van der Waals surface area contributed by atoms with Gasteiger partial charge >= 0.3 is 38.2 Å². The van der Waals surface area contributed by atoms with Gasteiger partial charge < -0.3 is 46.0 Å². The fraction of sp³-hybridized carbons (Fsp3) is 1.00. The molecule has 0 unspecified atom stereocenters. The van der Waals surface area contributed by atoms with E-state index in [9.17, 15) is 0 Å². The third-order valence-corrected chi connectivity index (χ3v) is 1.50. The minimum atomic E-state index is -1.75. The van der Waals surface area contributed by atoms with Crippen molar-refractivity contribution in [1.82, 2.24) is 0 Å². The number of hydrogen-bond acceptors (Lipinski definition) is 9. The van der Waals surface area contributed by atoms with Gasteiger partial charge in [0.1, 0.15) is 0 Å². The Morgan fingerprint density at radius 3 is 0.579 bits per heavy atom. The third-order valence-electron chi connectivity index (χ3n) is 1.50. The van der Waals surface area contributed by atoms with Crippen LogP contribution in [-0.2, 0) is 0 Å². The van der Waals surface area contributed by atoms with Gasteiger partial charge in [-0.1, -0.05) is 38.5 Å². The molecule has 0 atom stereocenters. The van der Waals surface area contributed by atoms with Gasteiger partial charge in [0.15, 0.2) is 0 Å². The molecular formula is C6H12DyN3O9. The Labute approximate surface area is 137 Å². The molecule has 13 heteroatoms. The van der Waals surface area contributed by atoms with Crippen LogP contribution in [0.25, 0.3) is 0 Å². The summed E-state index contributed by atoms with van der Waals surface area (Å²) in [5.41, 5.74) is 0. The summed E-state index contributed by atoms with van der Waals surface area (Å²) in [7, 11) is 0. The summed E-state index contributed by atoms with van der Waals surface area (Å²) < 4.78 is 0. The van der Waals surface area contributed by atoms with E-state index in [1.807, 2.05) is 0 Å². The van der Waals surface area contributed by atoms with Crippen LogP contribution in [0.5, 0.6) is 0 Å². The fourth-order valence-corrected chi connectivity index (χ4v) is 1.06. The molecule has 1 rings (SSSR count). The Bertz CT molecular complexity index is 184. The van der Waals surface area contributed by atoms with E-state index >= 15 is 0 Å². The van der Waals surface area contributed by atoms with Crippen molar-refractivity contribution in [3.63, 3.8) is 0 Å². The van der Waals surface area contributed by atoms with Gasteiger partial charge in [-0.05, 0) is 0 Å². The van der Waals surface area contributed by atoms with E-state index in [2.05, 4.69) is 0 Å². The van der Waals surface area contributed by atoms with E-state index < -0.39 is 15.3 Å². The third kappa shape index (κ3) is 157. The standard InChI is InChI=1S/C6H12.Dy.3NO3/c1-2-4-6-5-3-1;;3*2-1(3)4/h1-6H2;;;;/q;+3;3*-1. The Balaban J connectivity index is -0.0000000796. The van der Waals surface area contributed by atoms with Crippen molar-refractivity contribution in [3.8, 4) is 0 Å². The maximum atomic E-state index is 8.25. The van der Waals surface area contributed by atoms with Crippen molar-refractivity contribution in [2.45, 2.75) is 38.5 Å². The molecule has 0 aromatic rings. The molecule has 1 saturated carbocycles. The molecule has 0 spiro atoms. The van der Waals surface area contributed by atoms with Gasteiger partial charge in [-0.25, -0.2) is 0 Å². The average Bonchev–Trinajstić information content (AvgIpc) is 2.17. The molecule has 1 aliphatic rings. The van der Waals surface area contributed by atoms with Gasteiger partial charge in [0.25, 0.3) is 0 Å². The first-order valence-corrected chi connectivity index (χ1v) is 4.64. The average molecular weight is 433 g/mol. The summed E-state index contributed by atoms with van der Waals surface area (Å²) in [5.74, 6) is 0. The van der Waals surface area contributed by atoms with Crippen molar-refractivity contribution < 1.29 is 53.4 Å². The topological polar surface area (TPSA) is 199 Å². The van der Waals surface area contributed by atoms with Crippen LogP contribution >= 0.6 is 0 Å². The Kier molecular flexibility index (Phi) is 30.7. The van der Waals surface area contributed by atoms with Gasteiger partial charge in [-0.15, -0.1) is 0 Å². The van der Waals surface area contributed by atoms with E-state index in [0.717, 1.165) is 0 Å². The van der Waals surface area contributed by atoms with Crippen LogP contribution in [0.2, 0.25) is 0 Å². The van der Waals surface area contributed by atoms with Crippen molar-refractivity contribution in [2.75, 3.05) is 0 Å². The Hall–Kier alpha value is -1.13. The first-order valence-electron chi connectivity index (χ1n) is 4.64. The second kappa shape index (κ2) is 22.1. The quantitative estimate of drug-likeness (QED) is 0.402. The molecule has 0 bridgehead atoms. The smallest absolute Gasteiger partial charge is 0.356 e. The molecule has 1 radical (unpaired) electrons. The molecule has 0 saturated heterocycles. The summed E-state index contributed by atoms with van der Waals surface area (Å²) in [6, 6.07) is 0. The minimum absolute atomic E-state index is 0. The predicted molar refractivity (Wildman–Crippen MR) is 58.8 cm³/mol. The SMILES string of the molecule is C1CCCCC1.O=[N+]([O-])[O-].O=[N+]([O-])[O-].O=[N+]([O-])[O-].[Dy+3]. The van der Waals surface area contributed by atoms with Crippen molar-refractivity contribution >= 4 is 0 Å². The van der Waals surface area contributed by atoms with E-state index in [1.165, 1.54) is 38.5 Å². The van der Waals surface area contributed by atoms with Crippen LogP contribution in [0.3, 0.4) is 0 Å². The summed E-state index contributed by atoms with van der Waals surface area (Å²) in [6.45, 7) is 0. The van der Waals surface area contributed by atoms with Crippen LogP contribution < -0.4 is 0 Å². The van der Waals surface area contributed by atoms with Crippen LogP contribution in [0, 0.1) is 84.1 Å². The normalized spacial score (nSPS) is 11.4. The summed E-state index contributed by atoms with van der Waals surface area (Å²) in [5, 5.41) is 44.2. The first kappa shape index (κ1) is 26.4. The molecular weight excluding hydrogens is 421 g/mol. The van der Waals surface area contributed by atoms with Crippen LogP contribution in [0.4, 0.5) is 0 Å². The van der Waals surface area contributed by atoms with Gasteiger partial charge in [-0.3, -0.25) is 0 Å². The van der Waals surface area contributed by atoms with Gasteiger partial charge in [0.05, 0.1) is 15.3 Å². The molecule has 19 heavy (non-hydrogen) atoms. The molecule has 0 aromatic carbocycles. The van der Waals surface area contributed by atoms with Crippen molar-refractivity contribution in [3.05, 3.63) is 46.0 Å². The maximum absolute atomic E-state index is 8.25. The Morgan fingerprint density at radius 2 is 0.526 bits per heavy atom. The number of hydrogen-bond donors (Lipinski definition) is 0. The zero-order chi connectivity index (χ0) is 15.0. The number of nitrogens with zero attached hydrogens (tertiary/aromatic N) is 3.